The fourth-order valence-corrected chi connectivity index (χ4v) is 17.3. The van der Waals surface area contributed by atoms with Gasteiger partial charge in [-0.1, -0.05) is 94.4 Å². The zero-order valence-electron chi connectivity index (χ0n) is 69.1. The highest BCUT2D eigenvalue weighted by Gasteiger charge is 2.35. The number of piperazine rings is 4. The van der Waals surface area contributed by atoms with Crippen LogP contribution in [0.25, 0.3) is 67.6 Å². The summed E-state index contributed by atoms with van der Waals surface area (Å²) in [6.07, 6.45) is 20.9. The van der Waals surface area contributed by atoms with E-state index in [1.54, 1.807) is 52.9 Å². The van der Waals surface area contributed by atoms with Crippen LogP contribution < -0.4 is 5.73 Å². The number of methoxy groups -OCH3 is 1. The monoisotopic (exact) mass is 1780 g/mol. The number of ether oxygens (including phenoxy) is 2. The highest BCUT2D eigenvalue weighted by atomic mass is 35.5. The van der Waals surface area contributed by atoms with Crippen molar-refractivity contribution in [3.05, 3.63) is 246 Å². The summed E-state index contributed by atoms with van der Waals surface area (Å²) in [6.45, 7) is 17.4. The van der Waals surface area contributed by atoms with Crippen LogP contribution in [0.1, 0.15) is 89.1 Å². The van der Waals surface area contributed by atoms with Crippen molar-refractivity contribution < 1.29 is 33.6 Å². The fraction of sp³-hybridized carbons (Fsp3) is 0.356. The van der Waals surface area contributed by atoms with Crippen LogP contribution in [0.4, 0.5) is 11.4 Å². The molecule has 35 heteroatoms. The molecule has 20 rings (SSSR count). The molecule has 4 aromatic carbocycles. The molecule has 14 heterocycles. The van der Waals surface area contributed by atoms with Crippen molar-refractivity contribution in [1.29, 1.82) is 0 Å². The van der Waals surface area contributed by atoms with Crippen LogP contribution in [0.15, 0.2) is 171 Å². The van der Waals surface area contributed by atoms with E-state index in [1.807, 2.05) is 118 Å². The minimum atomic E-state index is -0.411. The molecule has 13 aromatic rings. The number of carbonyl (C=O) groups excluding carboxylic acids is 4. The van der Waals surface area contributed by atoms with Crippen LogP contribution >= 0.6 is 58.0 Å². The van der Waals surface area contributed by atoms with E-state index in [2.05, 4.69) is 65.1 Å². The van der Waals surface area contributed by atoms with E-state index in [4.69, 9.17) is 93.1 Å². The lowest BCUT2D eigenvalue weighted by atomic mass is 10.1. The summed E-state index contributed by atoms with van der Waals surface area (Å²) < 4.78 is 18.3. The summed E-state index contributed by atoms with van der Waals surface area (Å²) in [5, 5.41) is 14.5. The van der Waals surface area contributed by atoms with E-state index in [0.717, 1.165) is 174 Å². The molecule has 0 spiro atoms. The van der Waals surface area contributed by atoms with E-state index < -0.39 is 4.92 Å². The Morgan fingerprint density at radius 3 is 1.33 bits per heavy atom. The molecular weight excluding hydrogens is 1690 g/mol. The lowest BCUT2D eigenvalue weighted by Gasteiger charge is -2.38. The van der Waals surface area contributed by atoms with Crippen LogP contribution in [0.2, 0.25) is 25.1 Å². The topological polar surface area (TPSA) is 303 Å². The first-order chi connectivity index (χ1) is 60.7. The predicted molar refractivity (Wildman–Crippen MR) is 479 cm³/mol. The number of fused-ring (bicyclic) bond motifs is 4. The van der Waals surface area contributed by atoms with Gasteiger partial charge in [-0.2, -0.15) is 0 Å². The van der Waals surface area contributed by atoms with Gasteiger partial charge in [-0.05, 0) is 98.5 Å². The predicted octanol–water partition coefficient (Wildman–Crippen LogP) is 13.3. The van der Waals surface area contributed by atoms with Gasteiger partial charge in [0.1, 0.15) is 23.6 Å². The first-order valence-corrected chi connectivity index (χ1v) is 43.8. The molecule has 4 amide bonds. The molecule has 2 saturated carbocycles. The zero-order chi connectivity index (χ0) is 86.5. The van der Waals surface area contributed by atoms with E-state index in [0.29, 0.717) is 115 Å². The summed E-state index contributed by atoms with van der Waals surface area (Å²) in [5.74, 6) is 1.46. The third kappa shape index (κ3) is 20.1. The standard InChI is InChI=1S/C25H23Cl2N7O.C24H26ClN5O2.C21H22ClN5O4.C20H22ClN5O/c26-17-3-4-18(19(27)11-17)24-22(34-14-21(16-1-2-16)30-13-23(34)31-24)15-32-7-9-33(10-8-32)25(35)20-12-28-5-6-29-20;25-19-5-3-17(4-6-19)23-21(30-12-20(16-1-2-16)26-11-22(30)27-23)13-28-7-9-29(10-8-28)24(31)18-14-32-15-18;1-31-14-20(28)25-10-8-24(9-11-25)13-18-21(15-2-4-16(22)5-3-15)23-19-7-6-17(27(29)30)12-26(18)19;1-14(27)25-10-8-24(9-11-25)13-18-20(15-2-4-16(21)5-3-15)23-19-7-6-17(22)12-26(18)19/h3-6,11-14,16H,1-2,7-10,15H2;3-6,11-12,16,18H,1-2,7-10,13-15H2;2-7,12H,8-11,13-14H2,1H3;2-7,12H,8-11,13,22H2,1H3. The van der Waals surface area contributed by atoms with Gasteiger partial charge < -0.3 is 39.2 Å². The number of rotatable bonds is 19. The highest BCUT2D eigenvalue weighted by molar-refractivity contribution is 6.36. The number of nitrogen functional groups attached to an aromatic ring is 1. The number of pyridine rings is 2. The summed E-state index contributed by atoms with van der Waals surface area (Å²) >= 11 is 31.0. The molecule has 0 radical (unpaired) electrons. The number of aromatic nitrogens is 12. The number of hydrogen-bond acceptors (Lipinski definition) is 21. The number of nitrogens with two attached hydrogens (primary N) is 1. The molecule has 5 saturated heterocycles. The van der Waals surface area contributed by atoms with Gasteiger partial charge in [-0.25, -0.2) is 24.9 Å². The van der Waals surface area contributed by atoms with Crippen LogP contribution in [-0.2, 0) is 50.0 Å². The quantitative estimate of drug-likeness (QED) is 0.0581. The van der Waals surface area contributed by atoms with Crippen LogP contribution in [0.3, 0.4) is 0 Å². The Labute approximate surface area is 746 Å². The second-order valence-corrected chi connectivity index (χ2v) is 34.5. The third-order valence-electron chi connectivity index (χ3n) is 23.9. The SMILES string of the molecule is CC(=O)N1CCN(Cc2c(-c3ccc(Cl)cc3)nc3ccc(N)cn23)CC1.COCC(=O)N1CCN(Cc2c(-c3ccc(Cl)cc3)nc3ccc([N+](=O)[O-])cn23)CC1.O=C(C1COC1)N1CCN(Cc2c(-c3ccc(Cl)cc3)nc3cnc(C4CC4)cn23)CC1.O=C(c1cnccn1)N1CCN(Cc2c(-c3ccc(Cl)cc3Cl)nc3cnc(C4CC4)cn23)CC1. The van der Waals surface area contributed by atoms with Gasteiger partial charge in [0.2, 0.25) is 17.7 Å². The second-order valence-electron chi connectivity index (χ2n) is 32.3. The zero-order valence-corrected chi connectivity index (χ0v) is 72.9. The first-order valence-electron chi connectivity index (χ1n) is 41.9. The van der Waals surface area contributed by atoms with Gasteiger partial charge in [0.25, 0.3) is 11.6 Å². The average Bonchev–Trinajstić information content (AvgIpc) is 1.63. The molecule has 9 aromatic heterocycles. The van der Waals surface area contributed by atoms with E-state index in [1.165, 1.54) is 56.9 Å². The summed E-state index contributed by atoms with van der Waals surface area (Å²) in [4.78, 5) is 114. The maximum absolute atomic E-state index is 12.8. The molecule has 0 unspecified atom stereocenters. The highest BCUT2D eigenvalue weighted by Crippen LogP contribution is 2.42. The summed E-state index contributed by atoms with van der Waals surface area (Å²) in [6, 6.07) is 35.4. The van der Waals surface area contributed by atoms with E-state index >= 15 is 0 Å². The molecule has 5 aliphatic heterocycles. The molecule has 7 aliphatic rings. The van der Waals surface area contributed by atoms with Crippen LogP contribution in [-0.4, -0.2) is 257 Å². The Morgan fingerprint density at radius 1 is 0.472 bits per heavy atom. The molecule has 0 bridgehead atoms. The second kappa shape index (κ2) is 38.4. The molecular formula is C90H93Cl5N22O8. The number of nitrogens with zero attached hydrogens (tertiary/aromatic N) is 21. The van der Waals surface area contributed by atoms with Crippen molar-refractivity contribution in [3.8, 4) is 45.0 Å². The maximum atomic E-state index is 12.8. The molecule has 2 N–H and O–H groups in total. The van der Waals surface area contributed by atoms with E-state index in [-0.39, 0.29) is 41.8 Å². The fourth-order valence-electron chi connectivity index (χ4n) is 16.4. The van der Waals surface area contributed by atoms with Gasteiger partial charge in [-0.15, -0.1) is 0 Å². The number of anilines is 1. The molecule has 0 atom stereocenters. The van der Waals surface area contributed by atoms with Crippen molar-refractivity contribution in [3.63, 3.8) is 0 Å². The Bertz CT molecular complexity index is 6090. The number of nitro groups is 1. The van der Waals surface area contributed by atoms with Crippen molar-refractivity contribution >= 4 is 116 Å². The summed E-state index contributed by atoms with van der Waals surface area (Å²) in [5.41, 5.74) is 24.0. The van der Waals surface area contributed by atoms with Gasteiger partial charge in [0, 0.05) is 242 Å². The average molecular weight is 1790 g/mol. The van der Waals surface area contributed by atoms with Crippen molar-refractivity contribution in [2.24, 2.45) is 5.92 Å². The van der Waals surface area contributed by atoms with Crippen molar-refractivity contribution in [1.82, 2.24) is 96.7 Å². The molecule has 646 valence electrons. The minimum Gasteiger partial charge on any atom is -0.398 e. The number of halogens is 5. The van der Waals surface area contributed by atoms with Gasteiger partial charge in [0.05, 0.1) is 111 Å². The number of amides is 4. The number of benzene rings is 4. The van der Waals surface area contributed by atoms with Crippen molar-refractivity contribution in [2.75, 3.05) is 137 Å². The lowest BCUT2D eigenvalue weighted by Crippen LogP contribution is -2.53. The van der Waals surface area contributed by atoms with Crippen LogP contribution in [0.5, 0.6) is 0 Å². The number of imidazole rings is 4. The number of hydrogen-bond donors (Lipinski definition) is 1. The Kier molecular flexibility index (Phi) is 26.4. The molecule has 2 aliphatic carbocycles. The van der Waals surface area contributed by atoms with Gasteiger partial charge in [-0.3, -0.25) is 77.0 Å². The molecule has 7 fully saturated rings. The van der Waals surface area contributed by atoms with Crippen LogP contribution in [0, 0.1) is 16.0 Å². The lowest BCUT2D eigenvalue weighted by molar-refractivity contribution is -0.385. The Hall–Kier alpha value is -11.1. The maximum Gasteiger partial charge on any atom is 0.286 e. The smallest absolute Gasteiger partial charge is 0.286 e. The summed E-state index contributed by atoms with van der Waals surface area (Å²) in [7, 11) is 1.51. The van der Waals surface area contributed by atoms with Crippen molar-refractivity contribution in [2.45, 2.75) is 70.6 Å². The third-order valence-corrected chi connectivity index (χ3v) is 25.2. The normalized spacial score (nSPS) is 16.8. The van der Waals surface area contributed by atoms with Gasteiger partial charge >= 0.3 is 0 Å². The Morgan fingerprint density at radius 2 is 0.896 bits per heavy atom. The molecule has 30 nitrogen and oxygen atoms in total. The molecule has 125 heavy (non-hydrogen) atoms. The Balaban J connectivity index is 0.000000118. The minimum absolute atomic E-state index is 0.00351. The first kappa shape index (κ1) is 86.0. The van der Waals surface area contributed by atoms with E-state index in [9.17, 15) is 29.3 Å². The largest absolute Gasteiger partial charge is 0.398 e. The number of carbonyl (C=O) groups is 4. The van der Waals surface area contributed by atoms with Gasteiger partial charge in [0.15, 0.2) is 11.3 Å².